The van der Waals surface area contributed by atoms with E-state index < -0.39 is 0 Å². The van der Waals surface area contributed by atoms with Gasteiger partial charge >= 0.3 is 0 Å². The van der Waals surface area contributed by atoms with Gasteiger partial charge in [0.25, 0.3) is 0 Å². The van der Waals surface area contributed by atoms with Crippen molar-refractivity contribution in [1.29, 1.82) is 0 Å². The number of benzene rings is 10. The molecule has 0 radical (unpaired) electrons. The Balaban J connectivity index is 1.00. The maximum absolute atomic E-state index is 6.97. The molecule has 3 heteroatoms. The zero-order valence-electron chi connectivity index (χ0n) is 32.0. The minimum Gasteiger partial charge on any atom is -0.455 e. The first-order valence-electron chi connectivity index (χ1n) is 20.1. The Labute approximate surface area is 340 Å². The van der Waals surface area contributed by atoms with Gasteiger partial charge in [-0.15, -0.1) is 0 Å². The molecule has 0 aliphatic heterocycles. The Morgan fingerprint density at radius 3 is 1.58 bits per heavy atom. The summed E-state index contributed by atoms with van der Waals surface area (Å²) in [6.45, 7) is 0. The van der Waals surface area contributed by atoms with Crippen molar-refractivity contribution in [3.8, 4) is 33.4 Å². The quantitative estimate of drug-likeness (QED) is 0.158. The van der Waals surface area contributed by atoms with Crippen molar-refractivity contribution in [3.63, 3.8) is 0 Å². The van der Waals surface area contributed by atoms with Crippen LogP contribution in [0, 0.1) is 0 Å². The van der Waals surface area contributed by atoms with Gasteiger partial charge in [0.1, 0.15) is 16.7 Å². The summed E-state index contributed by atoms with van der Waals surface area (Å²) in [5.74, 6) is 0. The molecule has 0 aliphatic rings. The van der Waals surface area contributed by atoms with E-state index in [1.807, 2.05) is 18.2 Å². The van der Waals surface area contributed by atoms with Crippen LogP contribution in [0.5, 0.6) is 0 Å². The lowest BCUT2D eigenvalue weighted by Gasteiger charge is -2.26. The average Bonchev–Trinajstić information content (AvgIpc) is 3.89. The van der Waals surface area contributed by atoms with E-state index in [1.165, 1.54) is 27.1 Å². The van der Waals surface area contributed by atoms with Crippen molar-refractivity contribution >= 4 is 82.5 Å². The second-order valence-corrected chi connectivity index (χ2v) is 15.2. The van der Waals surface area contributed by atoms with Gasteiger partial charge in [-0.25, -0.2) is 0 Å². The lowest BCUT2D eigenvalue weighted by Crippen LogP contribution is -2.10. The number of para-hydroxylation sites is 4. The largest absolute Gasteiger partial charge is 0.455 e. The molecule has 0 spiro atoms. The molecule has 12 aromatic rings. The molecule has 0 bridgehead atoms. The molecule has 0 fully saturated rings. The molecule has 2 aromatic heterocycles. The molecule has 0 atom stereocenters. The summed E-state index contributed by atoms with van der Waals surface area (Å²) in [7, 11) is 0. The van der Waals surface area contributed by atoms with Crippen LogP contribution in [0.15, 0.2) is 221 Å². The van der Waals surface area contributed by atoms with E-state index in [-0.39, 0.29) is 0 Å². The fourth-order valence-corrected chi connectivity index (χ4v) is 9.01. The molecule has 0 amide bonds. The average molecular weight is 754 g/mol. The van der Waals surface area contributed by atoms with E-state index in [0.29, 0.717) is 0 Å². The molecular formula is C56H35NO2. The van der Waals surface area contributed by atoms with Gasteiger partial charge in [-0.05, 0) is 86.3 Å². The molecule has 10 aromatic carbocycles. The summed E-state index contributed by atoms with van der Waals surface area (Å²) in [4.78, 5) is 2.31. The van der Waals surface area contributed by atoms with E-state index in [2.05, 4.69) is 199 Å². The third kappa shape index (κ3) is 5.44. The van der Waals surface area contributed by atoms with Crippen molar-refractivity contribution in [2.75, 3.05) is 4.90 Å². The third-order valence-corrected chi connectivity index (χ3v) is 11.9. The van der Waals surface area contributed by atoms with Crippen LogP contribution in [-0.2, 0) is 0 Å². The molecule has 0 unspecified atom stereocenters. The van der Waals surface area contributed by atoms with Crippen LogP contribution in [-0.4, -0.2) is 0 Å². The van der Waals surface area contributed by atoms with E-state index in [0.717, 1.165) is 88.8 Å². The number of nitrogens with zero attached hydrogens (tertiary/aromatic N) is 1. The van der Waals surface area contributed by atoms with E-state index in [4.69, 9.17) is 8.83 Å². The molecule has 0 saturated heterocycles. The van der Waals surface area contributed by atoms with Crippen LogP contribution < -0.4 is 4.90 Å². The Hall–Kier alpha value is -7.88. The number of rotatable bonds is 6. The Bertz CT molecular complexity index is 3540. The fraction of sp³-hybridized carbons (Fsp3) is 0. The minimum absolute atomic E-state index is 0.841. The third-order valence-electron chi connectivity index (χ3n) is 11.9. The van der Waals surface area contributed by atoms with Crippen molar-refractivity contribution < 1.29 is 8.83 Å². The van der Waals surface area contributed by atoms with Gasteiger partial charge in [-0.1, -0.05) is 170 Å². The topological polar surface area (TPSA) is 29.5 Å². The van der Waals surface area contributed by atoms with Crippen LogP contribution in [0.2, 0.25) is 0 Å². The summed E-state index contributed by atoms with van der Waals surface area (Å²) in [5, 5.41) is 9.45. The van der Waals surface area contributed by atoms with Gasteiger partial charge in [0.2, 0.25) is 0 Å². The van der Waals surface area contributed by atoms with Gasteiger partial charge in [0, 0.05) is 44.0 Å². The van der Waals surface area contributed by atoms with Crippen molar-refractivity contribution in [2.24, 2.45) is 0 Å². The number of hydrogen-bond donors (Lipinski definition) is 0. The summed E-state index contributed by atoms with van der Waals surface area (Å²) < 4.78 is 13.4. The number of hydrogen-bond acceptors (Lipinski definition) is 3. The lowest BCUT2D eigenvalue weighted by molar-refractivity contribution is 0.670. The normalized spacial score (nSPS) is 11.7. The summed E-state index contributed by atoms with van der Waals surface area (Å²) in [5.41, 5.74) is 13.2. The highest BCUT2D eigenvalue weighted by Gasteiger charge is 2.21. The summed E-state index contributed by atoms with van der Waals surface area (Å²) in [6.07, 6.45) is 0. The molecule has 2 heterocycles. The molecular weight excluding hydrogens is 719 g/mol. The molecule has 0 N–H and O–H groups in total. The predicted molar refractivity (Wildman–Crippen MR) is 247 cm³/mol. The van der Waals surface area contributed by atoms with Crippen LogP contribution in [0.3, 0.4) is 0 Å². The molecule has 0 saturated carbocycles. The molecule has 59 heavy (non-hydrogen) atoms. The van der Waals surface area contributed by atoms with Gasteiger partial charge < -0.3 is 13.7 Å². The van der Waals surface area contributed by atoms with Crippen molar-refractivity contribution in [3.05, 3.63) is 212 Å². The highest BCUT2D eigenvalue weighted by Crippen LogP contribution is 2.45. The minimum atomic E-state index is 0.841. The van der Waals surface area contributed by atoms with Crippen LogP contribution in [0.25, 0.3) is 98.8 Å². The second-order valence-electron chi connectivity index (χ2n) is 15.2. The van der Waals surface area contributed by atoms with Crippen LogP contribution >= 0.6 is 0 Å². The van der Waals surface area contributed by atoms with Crippen molar-refractivity contribution in [1.82, 2.24) is 0 Å². The molecule has 3 nitrogen and oxygen atoms in total. The van der Waals surface area contributed by atoms with Gasteiger partial charge in [-0.3, -0.25) is 0 Å². The monoisotopic (exact) mass is 753 g/mol. The Kier molecular flexibility index (Phi) is 7.54. The smallest absolute Gasteiger partial charge is 0.159 e. The maximum Gasteiger partial charge on any atom is 0.159 e. The van der Waals surface area contributed by atoms with Gasteiger partial charge in [0.15, 0.2) is 5.58 Å². The van der Waals surface area contributed by atoms with E-state index in [9.17, 15) is 0 Å². The van der Waals surface area contributed by atoms with Gasteiger partial charge in [-0.2, -0.15) is 0 Å². The lowest BCUT2D eigenvalue weighted by atomic mass is 9.97. The molecule has 276 valence electrons. The zero-order valence-corrected chi connectivity index (χ0v) is 32.0. The standard InChI is InChI=1S/C56H35NO2/c1-2-11-37(12-3-1)46-16-9-19-50-51-20-10-21-52(56(51)59-55(46)50)57(43-32-27-39(28-33-43)47-17-8-18-49-48-15-6-7-22-53(48)58-54(47)49)42-30-25-36(26-31-42)40-29-34-45-41(35-40)24-23-38-13-4-5-14-44(38)45/h1-35H. The molecule has 12 rings (SSSR count). The zero-order chi connectivity index (χ0) is 38.9. The first kappa shape index (κ1) is 33.3. The SMILES string of the molecule is c1ccc(-c2cccc3c2oc2c(N(c4ccc(-c5ccc6c(ccc7ccccc76)c5)cc4)c4ccc(-c5cccc6c5oc5ccccc56)cc4)cccc23)cc1. The molecule has 0 aliphatic carbocycles. The first-order valence-corrected chi connectivity index (χ1v) is 20.1. The van der Waals surface area contributed by atoms with Crippen LogP contribution in [0.1, 0.15) is 0 Å². The maximum atomic E-state index is 6.97. The summed E-state index contributed by atoms with van der Waals surface area (Å²) in [6, 6.07) is 75.6. The highest BCUT2D eigenvalue weighted by atomic mass is 16.3. The van der Waals surface area contributed by atoms with E-state index >= 15 is 0 Å². The Morgan fingerprint density at radius 1 is 0.288 bits per heavy atom. The predicted octanol–water partition coefficient (Wildman–Crippen LogP) is 16.3. The van der Waals surface area contributed by atoms with Gasteiger partial charge in [0.05, 0.1) is 5.69 Å². The van der Waals surface area contributed by atoms with Crippen molar-refractivity contribution in [2.45, 2.75) is 0 Å². The first-order chi connectivity index (χ1) is 29.2. The number of furan rings is 2. The van der Waals surface area contributed by atoms with E-state index in [1.54, 1.807) is 0 Å². The fourth-order valence-electron chi connectivity index (χ4n) is 9.01. The van der Waals surface area contributed by atoms with Crippen LogP contribution in [0.4, 0.5) is 17.1 Å². The number of anilines is 3. The number of fused-ring (bicyclic) bond motifs is 9. The highest BCUT2D eigenvalue weighted by molar-refractivity contribution is 6.14. The Morgan fingerprint density at radius 2 is 0.814 bits per heavy atom. The summed E-state index contributed by atoms with van der Waals surface area (Å²) >= 11 is 0. The second kappa shape index (κ2) is 13.4.